The molecule has 0 radical (unpaired) electrons. The Labute approximate surface area is 158 Å². The van der Waals surface area contributed by atoms with E-state index in [1.54, 1.807) is 12.1 Å². The van der Waals surface area contributed by atoms with Crippen LogP contribution in [0.15, 0.2) is 48.5 Å². The van der Waals surface area contributed by atoms with Gasteiger partial charge >= 0.3 is 0 Å². The van der Waals surface area contributed by atoms with Crippen molar-refractivity contribution in [3.05, 3.63) is 54.3 Å². The number of hydrogen-bond acceptors (Lipinski definition) is 4. The van der Waals surface area contributed by atoms with Crippen molar-refractivity contribution in [3.63, 3.8) is 0 Å². The number of rotatable bonds is 3. The maximum Gasteiger partial charge on any atom is 0.244 e. The standard InChI is InChI=1S/C21H24FN3O2/c1-16(23-12-14-27-15-13-23)21(26)25-11-10-24(18-8-6-17(22)7-9-18)19-4-2-3-5-20(19)25/h2-9,16H,10-15H2,1H3. The van der Waals surface area contributed by atoms with Crippen LogP contribution in [0.25, 0.3) is 0 Å². The molecule has 2 heterocycles. The summed E-state index contributed by atoms with van der Waals surface area (Å²) in [7, 11) is 0. The van der Waals surface area contributed by atoms with Gasteiger partial charge in [-0.15, -0.1) is 0 Å². The summed E-state index contributed by atoms with van der Waals surface area (Å²) in [6, 6.07) is 14.2. The highest BCUT2D eigenvalue weighted by Gasteiger charge is 2.32. The number of para-hydroxylation sites is 2. The summed E-state index contributed by atoms with van der Waals surface area (Å²) >= 11 is 0. The van der Waals surface area contributed by atoms with Gasteiger partial charge in [0.2, 0.25) is 5.91 Å². The van der Waals surface area contributed by atoms with E-state index in [9.17, 15) is 9.18 Å². The van der Waals surface area contributed by atoms with Gasteiger partial charge in [-0.2, -0.15) is 0 Å². The zero-order valence-corrected chi connectivity index (χ0v) is 15.5. The lowest BCUT2D eigenvalue weighted by atomic mass is 10.1. The van der Waals surface area contributed by atoms with Crippen LogP contribution < -0.4 is 9.80 Å². The molecule has 2 aromatic rings. The number of anilines is 3. The number of nitrogens with zero attached hydrogens (tertiary/aromatic N) is 3. The van der Waals surface area contributed by atoms with E-state index in [1.165, 1.54) is 12.1 Å². The second-order valence-corrected chi connectivity index (χ2v) is 6.93. The topological polar surface area (TPSA) is 36.0 Å². The normalized spacial score (nSPS) is 18.9. The van der Waals surface area contributed by atoms with Crippen LogP contribution in [0.4, 0.5) is 21.5 Å². The first kappa shape index (κ1) is 17.9. The van der Waals surface area contributed by atoms with E-state index < -0.39 is 0 Å². The van der Waals surface area contributed by atoms with Crippen molar-refractivity contribution in [2.75, 3.05) is 49.2 Å². The molecule has 2 aliphatic rings. The first-order chi connectivity index (χ1) is 13.1. The molecule has 27 heavy (non-hydrogen) atoms. The minimum Gasteiger partial charge on any atom is -0.379 e. The second kappa shape index (κ2) is 7.66. The Bertz CT molecular complexity index is 805. The molecule has 1 unspecified atom stereocenters. The Hall–Kier alpha value is -2.44. The summed E-state index contributed by atoms with van der Waals surface area (Å²) in [5.41, 5.74) is 2.80. The zero-order chi connectivity index (χ0) is 18.8. The molecule has 1 amide bonds. The minimum absolute atomic E-state index is 0.114. The smallest absolute Gasteiger partial charge is 0.244 e. The van der Waals surface area contributed by atoms with Crippen molar-refractivity contribution in [3.8, 4) is 0 Å². The highest BCUT2D eigenvalue weighted by Crippen LogP contribution is 2.38. The lowest BCUT2D eigenvalue weighted by molar-refractivity contribution is -0.124. The van der Waals surface area contributed by atoms with Crippen LogP contribution in [-0.2, 0) is 9.53 Å². The van der Waals surface area contributed by atoms with Crippen LogP contribution in [0.1, 0.15) is 6.92 Å². The Morgan fingerprint density at radius 3 is 2.33 bits per heavy atom. The molecule has 0 aromatic heterocycles. The Kier molecular flexibility index (Phi) is 5.09. The number of amides is 1. The molecule has 0 saturated carbocycles. The lowest BCUT2D eigenvalue weighted by Gasteiger charge is -2.40. The number of morpholine rings is 1. The molecule has 2 aliphatic heterocycles. The molecule has 6 heteroatoms. The first-order valence-electron chi connectivity index (χ1n) is 9.40. The fourth-order valence-corrected chi connectivity index (χ4v) is 3.83. The van der Waals surface area contributed by atoms with Crippen molar-refractivity contribution in [2.24, 2.45) is 0 Å². The van der Waals surface area contributed by atoms with Crippen LogP contribution in [0.5, 0.6) is 0 Å². The quantitative estimate of drug-likeness (QED) is 0.833. The minimum atomic E-state index is -0.250. The maximum absolute atomic E-state index is 13.3. The van der Waals surface area contributed by atoms with Gasteiger partial charge in [-0.05, 0) is 43.3 Å². The van der Waals surface area contributed by atoms with E-state index in [0.717, 1.165) is 30.2 Å². The van der Waals surface area contributed by atoms with Gasteiger partial charge in [0.1, 0.15) is 5.82 Å². The molecule has 1 saturated heterocycles. The average Bonchev–Trinajstić information content (AvgIpc) is 2.73. The average molecular weight is 369 g/mol. The van der Waals surface area contributed by atoms with Crippen molar-refractivity contribution in [1.29, 1.82) is 0 Å². The zero-order valence-electron chi connectivity index (χ0n) is 15.5. The number of carbonyl (C=O) groups excluding carboxylic acids is 1. The molecule has 0 bridgehead atoms. The molecule has 5 nitrogen and oxygen atoms in total. The van der Waals surface area contributed by atoms with Crippen molar-refractivity contribution >= 4 is 23.0 Å². The van der Waals surface area contributed by atoms with Crippen molar-refractivity contribution in [1.82, 2.24) is 4.90 Å². The molecule has 0 spiro atoms. The van der Waals surface area contributed by atoms with E-state index in [1.807, 2.05) is 36.1 Å². The number of ether oxygens (including phenoxy) is 1. The van der Waals surface area contributed by atoms with Gasteiger partial charge in [0.25, 0.3) is 0 Å². The Morgan fingerprint density at radius 2 is 1.63 bits per heavy atom. The lowest BCUT2D eigenvalue weighted by Crippen LogP contribution is -2.53. The number of halogens is 1. The fourth-order valence-electron chi connectivity index (χ4n) is 3.83. The van der Waals surface area contributed by atoms with E-state index >= 15 is 0 Å². The number of fused-ring (bicyclic) bond motifs is 1. The molecular weight excluding hydrogens is 345 g/mol. The van der Waals surface area contributed by atoms with Gasteiger partial charge in [-0.1, -0.05) is 12.1 Å². The summed E-state index contributed by atoms with van der Waals surface area (Å²) in [4.78, 5) is 19.4. The molecule has 0 N–H and O–H groups in total. The van der Waals surface area contributed by atoms with Crippen LogP contribution >= 0.6 is 0 Å². The van der Waals surface area contributed by atoms with Crippen LogP contribution in [0.2, 0.25) is 0 Å². The largest absolute Gasteiger partial charge is 0.379 e. The molecular formula is C21H24FN3O2. The molecule has 0 aliphatic carbocycles. The van der Waals surface area contributed by atoms with Crippen LogP contribution in [0, 0.1) is 5.82 Å². The first-order valence-corrected chi connectivity index (χ1v) is 9.40. The van der Waals surface area contributed by atoms with E-state index in [2.05, 4.69) is 9.80 Å². The van der Waals surface area contributed by atoms with Gasteiger partial charge < -0.3 is 14.5 Å². The molecule has 142 valence electrons. The van der Waals surface area contributed by atoms with E-state index in [0.29, 0.717) is 26.3 Å². The summed E-state index contributed by atoms with van der Waals surface area (Å²) in [5.74, 6) is -0.136. The number of carbonyl (C=O) groups is 1. The van der Waals surface area contributed by atoms with Gasteiger partial charge in [-0.3, -0.25) is 9.69 Å². The molecule has 1 fully saturated rings. The molecule has 4 rings (SSSR count). The second-order valence-electron chi connectivity index (χ2n) is 6.93. The van der Waals surface area contributed by atoms with E-state index in [4.69, 9.17) is 4.74 Å². The summed E-state index contributed by atoms with van der Waals surface area (Å²) in [6.07, 6.45) is 0. The van der Waals surface area contributed by atoms with Crippen LogP contribution in [-0.4, -0.2) is 56.2 Å². The van der Waals surface area contributed by atoms with Crippen molar-refractivity contribution in [2.45, 2.75) is 13.0 Å². The van der Waals surface area contributed by atoms with E-state index in [-0.39, 0.29) is 17.8 Å². The summed E-state index contributed by atoms with van der Waals surface area (Å²) < 4.78 is 18.7. The SMILES string of the molecule is CC(C(=O)N1CCN(c2ccc(F)cc2)c2ccccc21)N1CCOCC1. The number of benzene rings is 2. The highest BCUT2D eigenvalue weighted by molar-refractivity contribution is 6.01. The third-order valence-electron chi connectivity index (χ3n) is 5.37. The van der Waals surface area contributed by atoms with Gasteiger partial charge in [0.15, 0.2) is 0 Å². The Balaban J connectivity index is 1.60. The summed E-state index contributed by atoms with van der Waals surface area (Å²) in [6.45, 7) is 6.15. The molecule has 1 atom stereocenters. The third kappa shape index (κ3) is 3.55. The van der Waals surface area contributed by atoms with Crippen molar-refractivity contribution < 1.29 is 13.9 Å². The highest BCUT2D eigenvalue weighted by atomic mass is 19.1. The Morgan fingerprint density at radius 1 is 0.963 bits per heavy atom. The maximum atomic E-state index is 13.3. The predicted octanol–water partition coefficient (Wildman–Crippen LogP) is 3.03. The third-order valence-corrected chi connectivity index (χ3v) is 5.37. The monoisotopic (exact) mass is 369 g/mol. The molecule has 2 aromatic carbocycles. The predicted molar refractivity (Wildman–Crippen MR) is 104 cm³/mol. The fraction of sp³-hybridized carbons (Fsp3) is 0.381. The van der Waals surface area contributed by atoms with Gasteiger partial charge in [0, 0.05) is 31.9 Å². The van der Waals surface area contributed by atoms with Gasteiger partial charge in [0.05, 0.1) is 30.6 Å². The number of hydrogen-bond donors (Lipinski definition) is 0. The van der Waals surface area contributed by atoms with Crippen LogP contribution in [0.3, 0.4) is 0 Å². The van der Waals surface area contributed by atoms with Gasteiger partial charge in [-0.25, -0.2) is 4.39 Å². The summed E-state index contributed by atoms with van der Waals surface area (Å²) in [5, 5.41) is 0.